The molecule has 0 aromatic carbocycles. The van der Waals surface area contributed by atoms with Crippen LogP contribution in [0.5, 0.6) is 0 Å². The summed E-state index contributed by atoms with van der Waals surface area (Å²) < 4.78 is 4.88. The smallest absolute Gasteiger partial charge is 0.357 e. The van der Waals surface area contributed by atoms with E-state index in [4.69, 9.17) is 4.74 Å². The van der Waals surface area contributed by atoms with Gasteiger partial charge in [-0.2, -0.15) is 0 Å². The van der Waals surface area contributed by atoms with E-state index >= 15 is 0 Å². The first kappa shape index (κ1) is 12.0. The van der Waals surface area contributed by atoms with Crippen molar-refractivity contribution in [1.82, 2.24) is 9.97 Å². The summed E-state index contributed by atoms with van der Waals surface area (Å²) in [6.45, 7) is 1.96. The molecule has 1 aliphatic carbocycles. The zero-order chi connectivity index (χ0) is 13.0. The van der Waals surface area contributed by atoms with Gasteiger partial charge in [-0.15, -0.1) is 0 Å². The van der Waals surface area contributed by atoms with Crippen LogP contribution in [0.15, 0.2) is 42.4 Å². The van der Waals surface area contributed by atoms with Gasteiger partial charge >= 0.3 is 5.97 Å². The van der Waals surface area contributed by atoms with Gasteiger partial charge in [-0.25, -0.2) is 14.8 Å². The summed E-state index contributed by atoms with van der Waals surface area (Å²) >= 11 is 0. The number of aromatic nitrogens is 2. The third-order valence-electron chi connectivity index (χ3n) is 2.37. The van der Waals surface area contributed by atoms with E-state index < -0.39 is 5.97 Å². The Kier molecular flexibility index (Phi) is 3.52. The zero-order valence-corrected chi connectivity index (χ0v) is 9.83. The van der Waals surface area contributed by atoms with Crippen molar-refractivity contribution in [3.8, 4) is 0 Å². The summed E-state index contributed by atoms with van der Waals surface area (Å²) in [5.74, 6) is -0.614. The molecule has 5 heteroatoms. The van der Waals surface area contributed by atoms with E-state index in [1.807, 2.05) is 0 Å². The number of ether oxygens (including phenoxy) is 1. The van der Waals surface area contributed by atoms with Gasteiger partial charge in [-0.05, 0) is 6.92 Å². The Hall–Kier alpha value is -2.43. The lowest BCUT2D eigenvalue weighted by molar-refractivity contribution is 0.0518. The second kappa shape index (κ2) is 5.27. The monoisotopic (exact) mass is 244 g/mol. The minimum Gasteiger partial charge on any atom is -0.507 e. The lowest BCUT2D eigenvalue weighted by atomic mass is 10.1. The minimum absolute atomic E-state index is 0.0383. The second-order valence-corrected chi connectivity index (χ2v) is 3.53. The normalized spacial score (nSPS) is 12.8. The molecule has 0 atom stereocenters. The molecule has 0 radical (unpaired) electrons. The van der Waals surface area contributed by atoms with Gasteiger partial charge in [0, 0.05) is 11.8 Å². The Labute approximate surface area is 104 Å². The maximum atomic E-state index is 11.7. The molecule has 0 unspecified atom stereocenters. The molecule has 1 N–H and O–H groups in total. The van der Waals surface area contributed by atoms with Crippen molar-refractivity contribution in [2.75, 3.05) is 6.61 Å². The van der Waals surface area contributed by atoms with Gasteiger partial charge in [0.15, 0.2) is 5.69 Å². The number of esters is 1. The van der Waals surface area contributed by atoms with Crippen molar-refractivity contribution in [1.29, 1.82) is 0 Å². The molecule has 5 nitrogen and oxygen atoms in total. The van der Waals surface area contributed by atoms with E-state index in [0.29, 0.717) is 5.57 Å². The molecule has 18 heavy (non-hydrogen) atoms. The van der Waals surface area contributed by atoms with Crippen LogP contribution in [0.4, 0.5) is 0 Å². The van der Waals surface area contributed by atoms with E-state index in [1.54, 1.807) is 31.2 Å². The Morgan fingerprint density at radius 1 is 1.39 bits per heavy atom. The Bertz CT molecular complexity index is 545. The van der Waals surface area contributed by atoms with Crippen LogP contribution in [-0.4, -0.2) is 27.7 Å². The third kappa shape index (κ3) is 2.29. The maximum Gasteiger partial charge on any atom is 0.357 e. The predicted octanol–water partition coefficient (Wildman–Crippen LogP) is 2.05. The van der Waals surface area contributed by atoms with Crippen molar-refractivity contribution >= 4 is 11.7 Å². The SMILES string of the molecule is CCOC(=O)c1ncncc1C(O)=C1C=CC=C1. The Morgan fingerprint density at radius 2 is 2.11 bits per heavy atom. The Morgan fingerprint density at radius 3 is 2.78 bits per heavy atom. The minimum atomic E-state index is -0.576. The quantitative estimate of drug-likeness (QED) is 0.650. The molecule has 1 aliphatic rings. The fourth-order valence-corrected chi connectivity index (χ4v) is 1.55. The first-order valence-electron chi connectivity index (χ1n) is 5.49. The lowest BCUT2D eigenvalue weighted by Crippen LogP contribution is -2.11. The number of aliphatic hydroxyl groups excluding tert-OH is 1. The van der Waals surface area contributed by atoms with E-state index in [1.165, 1.54) is 12.5 Å². The Balaban J connectivity index is 2.45. The van der Waals surface area contributed by atoms with Crippen LogP contribution >= 0.6 is 0 Å². The molecular weight excluding hydrogens is 232 g/mol. The van der Waals surface area contributed by atoms with Gasteiger partial charge in [0.25, 0.3) is 0 Å². The first-order valence-corrected chi connectivity index (χ1v) is 5.49. The second-order valence-electron chi connectivity index (χ2n) is 3.53. The van der Waals surface area contributed by atoms with Gasteiger partial charge in [-0.1, -0.05) is 24.3 Å². The molecule has 1 heterocycles. The van der Waals surface area contributed by atoms with E-state index in [2.05, 4.69) is 9.97 Å². The largest absolute Gasteiger partial charge is 0.507 e. The molecule has 1 aromatic rings. The van der Waals surface area contributed by atoms with Gasteiger partial charge in [0.1, 0.15) is 12.1 Å². The van der Waals surface area contributed by atoms with Crippen LogP contribution in [0, 0.1) is 0 Å². The number of carbonyl (C=O) groups excluding carboxylic acids is 1. The lowest BCUT2D eigenvalue weighted by Gasteiger charge is -2.07. The summed E-state index contributed by atoms with van der Waals surface area (Å²) in [6.07, 6.45) is 9.68. The van der Waals surface area contributed by atoms with Crippen molar-refractivity contribution in [3.63, 3.8) is 0 Å². The van der Waals surface area contributed by atoms with Crippen LogP contribution < -0.4 is 0 Å². The summed E-state index contributed by atoms with van der Waals surface area (Å²) in [6, 6.07) is 0. The number of hydrogen-bond acceptors (Lipinski definition) is 5. The summed E-state index contributed by atoms with van der Waals surface area (Å²) in [5, 5.41) is 10.1. The first-order chi connectivity index (χ1) is 8.74. The number of allylic oxidation sites excluding steroid dienone is 5. The fraction of sp³-hybridized carbons (Fsp3) is 0.154. The van der Waals surface area contributed by atoms with E-state index in [9.17, 15) is 9.90 Å². The van der Waals surface area contributed by atoms with Crippen LogP contribution in [0.25, 0.3) is 5.76 Å². The highest BCUT2D eigenvalue weighted by atomic mass is 16.5. The average Bonchev–Trinajstić information content (AvgIpc) is 2.92. The molecule has 0 aliphatic heterocycles. The van der Waals surface area contributed by atoms with E-state index in [0.717, 1.165) is 0 Å². The van der Waals surface area contributed by atoms with Gasteiger partial charge in [0.2, 0.25) is 0 Å². The summed E-state index contributed by atoms with van der Waals surface area (Å²) in [5.41, 5.74) is 0.933. The van der Waals surface area contributed by atoms with Gasteiger partial charge in [0.05, 0.1) is 12.2 Å². The molecule has 92 valence electrons. The van der Waals surface area contributed by atoms with Crippen molar-refractivity contribution in [2.45, 2.75) is 6.92 Å². The van der Waals surface area contributed by atoms with Crippen molar-refractivity contribution < 1.29 is 14.6 Å². The maximum absolute atomic E-state index is 11.7. The standard InChI is InChI=1S/C13H12N2O3/c1-2-18-13(17)11-10(7-14-8-15-11)12(16)9-5-3-4-6-9/h3-8,16H,2H2,1H3. The van der Waals surface area contributed by atoms with Crippen molar-refractivity contribution in [3.05, 3.63) is 53.7 Å². The van der Waals surface area contributed by atoms with Crippen LogP contribution in [-0.2, 0) is 4.74 Å². The van der Waals surface area contributed by atoms with Gasteiger partial charge in [-0.3, -0.25) is 0 Å². The molecule has 0 saturated heterocycles. The third-order valence-corrected chi connectivity index (χ3v) is 2.37. The number of carbonyl (C=O) groups is 1. The number of nitrogens with zero attached hydrogens (tertiary/aromatic N) is 2. The molecular formula is C13H12N2O3. The zero-order valence-electron chi connectivity index (χ0n) is 9.83. The predicted molar refractivity (Wildman–Crippen MR) is 65.8 cm³/mol. The van der Waals surface area contributed by atoms with Crippen LogP contribution in [0.1, 0.15) is 23.0 Å². The fourth-order valence-electron chi connectivity index (χ4n) is 1.55. The molecule has 0 bridgehead atoms. The molecule has 0 fully saturated rings. The summed E-state index contributed by atoms with van der Waals surface area (Å²) in [4.78, 5) is 19.4. The highest BCUT2D eigenvalue weighted by Gasteiger charge is 2.18. The van der Waals surface area contributed by atoms with Gasteiger partial charge < -0.3 is 9.84 Å². The molecule has 0 amide bonds. The summed E-state index contributed by atoms with van der Waals surface area (Å²) in [7, 11) is 0. The topological polar surface area (TPSA) is 72.3 Å². The number of rotatable bonds is 3. The highest BCUT2D eigenvalue weighted by Crippen LogP contribution is 2.22. The van der Waals surface area contributed by atoms with Crippen LogP contribution in [0.2, 0.25) is 0 Å². The highest BCUT2D eigenvalue weighted by molar-refractivity contribution is 5.93. The molecule has 0 saturated carbocycles. The number of hydrogen-bond donors (Lipinski definition) is 1. The van der Waals surface area contributed by atoms with E-state index in [-0.39, 0.29) is 23.6 Å². The van der Waals surface area contributed by atoms with Crippen molar-refractivity contribution in [2.24, 2.45) is 0 Å². The molecule has 2 rings (SSSR count). The molecule has 0 spiro atoms. The molecule has 1 aromatic heterocycles. The average molecular weight is 244 g/mol. The number of aliphatic hydroxyl groups is 1. The van der Waals surface area contributed by atoms with Crippen LogP contribution in [0.3, 0.4) is 0 Å².